The quantitative estimate of drug-likeness (QED) is 0.188. The molecule has 0 aliphatic carbocycles. The maximum absolute atomic E-state index is 6.98. The monoisotopic (exact) mass is 638 g/mol. The molecule has 3 nitrogen and oxygen atoms in total. The lowest BCUT2D eigenvalue weighted by molar-refractivity contribution is 0.674. The molecule has 0 radical (unpaired) electrons. The Morgan fingerprint density at radius 1 is 0.380 bits per heavy atom. The summed E-state index contributed by atoms with van der Waals surface area (Å²) < 4.78 is 9.31. The fourth-order valence-electron chi connectivity index (χ4n) is 7.47. The van der Waals surface area contributed by atoms with Crippen LogP contribution in [0.3, 0.4) is 0 Å². The molecule has 234 valence electrons. The van der Waals surface area contributed by atoms with Gasteiger partial charge in [-0.3, -0.25) is 0 Å². The second-order valence-electron chi connectivity index (χ2n) is 12.7. The van der Waals surface area contributed by atoms with Gasteiger partial charge in [0.1, 0.15) is 11.2 Å². The van der Waals surface area contributed by atoms with E-state index in [9.17, 15) is 0 Å². The standard InChI is InChI=1S/C47H30N2O/c1-4-14-31(15-5-1)35-29-41(32-16-6-2-7-17-32)48-42(30-35)34-19-12-18-33(28-34)37-23-13-24-38-39-26-27-44-45(47(39)50-46(37)38)40-22-10-11-25-43(40)49(44)36-20-8-3-9-21-36/h1-30H. The summed E-state index contributed by atoms with van der Waals surface area (Å²) in [7, 11) is 0. The zero-order valence-electron chi connectivity index (χ0n) is 27.1. The molecule has 0 atom stereocenters. The molecule has 0 amide bonds. The van der Waals surface area contributed by atoms with Crippen molar-refractivity contribution in [1.29, 1.82) is 0 Å². The van der Waals surface area contributed by atoms with Gasteiger partial charge in [-0.1, -0.05) is 133 Å². The van der Waals surface area contributed by atoms with Gasteiger partial charge in [-0.25, -0.2) is 4.98 Å². The average molecular weight is 639 g/mol. The first-order valence-corrected chi connectivity index (χ1v) is 17.0. The number of hydrogen-bond acceptors (Lipinski definition) is 2. The van der Waals surface area contributed by atoms with Crippen LogP contribution < -0.4 is 0 Å². The number of fused-ring (bicyclic) bond motifs is 7. The molecule has 3 heteroatoms. The van der Waals surface area contributed by atoms with Crippen molar-refractivity contribution in [2.45, 2.75) is 0 Å². The van der Waals surface area contributed by atoms with E-state index in [1.54, 1.807) is 0 Å². The zero-order chi connectivity index (χ0) is 33.0. The Morgan fingerprint density at radius 2 is 0.980 bits per heavy atom. The second kappa shape index (κ2) is 11.5. The Morgan fingerprint density at radius 3 is 1.78 bits per heavy atom. The molecule has 7 aromatic carbocycles. The molecule has 0 bridgehead atoms. The van der Waals surface area contributed by atoms with E-state index in [-0.39, 0.29) is 0 Å². The maximum atomic E-state index is 6.98. The minimum Gasteiger partial charge on any atom is -0.455 e. The third-order valence-corrected chi connectivity index (χ3v) is 9.79. The van der Waals surface area contributed by atoms with Crippen LogP contribution in [-0.4, -0.2) is 9.55 Å². The van der Waals surface area contributed by atoms with E-state index in [0.717, 1.165) is 88.8 Å². The van der Waals surface area contributed by atoms with Crippen LogP contribution in [0.4, 0.5) is 0 Å². The van der Waals surface area contributed by atoms with Crippen molar-refractivity contribution >= 4 is 43.7 Å². The van der Waals surface area contributed by atoms with Gasteiger partial charge >= 0.3 is 0 Å². The average Bonchev–Trinajstić information content (AvgIpc) is 3.75. The van der Waals surface area contributed by atoms with Gasteiger partial charge in [-0.2, -0.15) is 0 Å². The third-order valence-electron chi connectivity index (χ3n) is 9.79. The first kappa shape index (κ1) is 28.3. The normalized spacial score (nSPS) is 11.6. The summed E-state index contributed by atoms with van der Waals surface area (Å²) in [4.78, 5) is 5.20. The first-order chi connectivity index (χ1) is 24.8. The van der Waals surface area contributed by atoms with Crippen molar-refractivity contribution in [1.82, 2.24) is 9.55 Å². The molecule has 10 aromatic rings. The number of furan rings is 1. The van der Waals surface area contributed by atoms with Crippen molar-refractivity contribution in [3.8, 4) is 50.5 Å². The largest absolute Gasteiger partial charge is 0.455 e. The predicted octanol–water partition coefficient (Wildman–Crippen LogP) is 12.7. The highest BCUT2D eigenvalue weighted by Gasteiger charge is 2.20. The maximum Gasteiger partial charge on any atom is 0.145 e. The lowest BCUT2D eigenvalue weighted by Crippen LogP contribution is -1.92. The number of nitrogens with zero attached hydrogens (tertiary/aromatic N) is 2. The Labute approximate surface area is 289 Å². The topological polar surface area (TPSA) is 31.0 Å². The van der Waals surface area contributed by atoms with Crippen LogP contribution in [-0.2, 0) is 0 Å². The molecule has 10 rings (SSSR count). The molecule has 0 spiro atoms. The number of pyridine rings is 1. The van der Waals surface area contributed by atoms with Crippen molar-refractivity contribution in [3.05, 3.63) is 182 Å². The summed E-state index contributed by atoms with van der Waals surface area (Å²) in [5, 5.41) is 4.54. The highest BCUT2D eigenvalue weighted by atomic mass is 16.3. The summed E-state index contributed by atoms with van der Waals surface area (Å²) in [6.07, 6.45) is 0. The molecule has 0 unspecified atom stereocenters. The Hall–Kier alpha value is -6.71. The van der Waals surface area contributed by atoms with E-state index < -0.39 is 0 Å². The molecule has 50 heavy (non-hydrogen) atoms. The summed E-state index contributed by atoms with van der Waals surface area (Å²) in [5.74, 6) is 0. The molecule has 3 heterocycles. The second-order valence-corrected chi connectivity index (χ2v) is 12.7. The summed E-state index contributed by atoms with van der Waals surface area (Å²) >= 11 is 0. The molecular formula is C47H30N2O. The third kappa shape index (κ3) is 4.56. The van der Waals surface area contributed by atoms with Gasteiger partial charge in [0.15, 0.2) is 0 Å². The first-order valence-electron chi connectivity index (χ1n) is 17.0. The minimum atomic E-state index is 0.889. The van der Waals surface area contributed by atoms with Crippen LogP contribution in [0.25, 0.3) is 94.2 Å². The van der Waals surface area contributed by atoms with E-state index in [0.29, 0.717) is 0 Å². The van der Waals surface area contributed by atoms with E-state index in [1.807, 2.05) is 6.07 Å². The number of aromatic nitrogens is 2. The summed E-state index contributed by atoms with van der Waals surface area (Å²) in [5.41, 5.74) is 13.7. The lowest BCUT2D eigenvalue weighted by Gasteiger charge is -2.11. The van der Waals surface area contributed by atoms with Crippen molar-refractivity contribution in [3.63, 3.8) is 0 Å². The van der Waals surface area contributed by atoms with Crippen LogP contribution in [0.5, 0.6) is 0 Å². The van der Waals surface area contributed by atoms with E-state index in [2.05, 4.69) is 180 Å². The van der Waals surface area contributed by atoms with Crippen molar-refractivity contribution in [2.24, 2.45) is 0 Å². The van der Waals surface area contributed by atoms with Crippen LogP contribution in [0.2, 0.25) is 0 Å². The molecular weight excluding hydrogens is 609 g/mol. The fourth-order valence-corrected chi connectivity index (χ4v) is 7.47. The number of para-hydroxylation sites is 3. The van der Waals surface area contributed by atoms with Gasteiger partial charge in [0.25, 0.3) is 0 Å². The zero-order valence-corrected chi connectivity index (χ0v) is 27.1. The smallest absolute Gasteiger partial charge is 0.145 e. The molecule has 0 saturated heterocycles. The SMILES string of the molecule is c1ccc(-c2cc(-c3ccccc3)nc(-c3cccc(-c4cccc5c4oc4c5ccc5c4c4ccccc4n5-c4ccccc4)c3)c2)cc1. The van der Waals surface area contributed by atoms with Gasteiger partial charge in [0.2, 0.25) is 0 Å². The van der Waals surface area contributed by atoms with Crippen molar-refractivity contribution < 1.29 is 4.42 Å². The van der Waals surface area contributed by atoms with E-state index >= 15 is 0 Å². The van der Waals surface area contributed by atoms with E-state index in [1.165, 1.54) is 5.39 Å². The lowest BCUT2D eigenvalue weighted by atomic mass is 9.97. The van der Waals surface area contributed by atoms with Crippen LogP contribution in [0, 0.1) is 0 Å². The predicted molar refractivity (Wildman–Crippen MR) is 208 cm³/mol. The highest BCUT2D eigenvalue weighted by Crippen LogP contribution is 2.43. The molecule has 0 fully saturated rings. The molecule has 0 aliphatic heterocycles. The van der Waals surface area contributed by atoms with Crippen LogP contribution >= 0.6 is 0 Å². The van der Waals surface area contributed by atoms with Crippen LogP contribution in [0.1, 0.15) is 0 Å². The van der Waals surface area contributed by atoms with Gasteiger partial charge in [0, 0.05) is 38.5 Å². The molecule has 0 aliphatic rings. The summed E-state index contributed by atoms with van der Waals surface area (Å²) in [6.45, 7) is 0. The van der Waals surface area contributed by atoms with Gasteiger partial charge in [0.05, 0.1) is 27.8 Å². The van der Waals surface area contributed by atoms with Crippen LogP contribution in [0.15, 0.2) is 186 Å². The van der Waals surface area contributed by atoms with Gasteiger partial charge < -0.3 is 8.98 Å². The van der Waals surface area contributed by atoms with Crippen molar-refractivity contribution in [2.75, 3.05) is 0 Å². The fraction of sp³-hybridized carbons (Fsp3) is 0. The van der Waals surface area contributed by atoms with Gasteiger partial charge in [-0.15, -0.1) is 0 Å². The number of rotatable bonds is 5. The Kier molecular flexibility index (Phi) is 6.49. The van der Waals surface area contributed by atoms with E-state index in [4.69, 9.17) is 9.40 Å². The number of benzene rings is 7. The Bertz CT molecular complexity index is 2790. The molecule has 0 saturated carbocycles. The highest BCUT2D eigenvalue weighted by molar-refractivity contribution is 6.24. The molecule has 3 aromatic heterocycles. The molecule has 0 N–H and O–H groups in total. The van der Waals surface area contributed by atoms with Gasteiger partial charge in [-0.05, 0) is 65.2 Å². The summed E-state index contributed by atoms with van der Waals surface area (Å²) in [6, 6.07) is 64.1. The number of hydrogen-bond donors (Lipinski definition) is 0. The Balaban J connectivity index is 1.16. The minimum absolute atomic E-state index is 0.889.